The van der Waals surface area contributed by atoms with E-state index in [1.54, 1.807) is 0 Å². The third-order valence-electron chi connectivity index (χ3n) is 3.57. The second-order valence-corrected chi connectivity index (χ2v) is 6.83. The van der Waals surface area contributed by atoms with Gasteiger partial charge in [-0.1, -0.05) is 75.7 Å². The Labute approximate surface area is 134 Å². The van der Waals surface area contributed by atoms with Crippen molar-refractivity contribution in [3.05, 3.63) is 29.0 Å². The van der Waals surface area contributed by atoms with Crippen molar-refractivity contribution >= 4 is 23.4 Å². The van der Waals surface area contributed by atoms with Crippen molar-refractivity contribution < 1.29 is 4.57 Å². The molecule has 0 atom stereocenters. The summed E-state index contributed by atoms with van der Waals surface area (Å²) in [6.45, 7) is 4.41. The Balaban J connectivity index is 2.05. The van der Waals surface area contributed by atoms with Gasteiger partial charge in [0, 0.05) is 6.07 Å². The predicted molar refractivity (Wildman–Crippen MR) is 91.5 cm³/mol. The lowest BCUT2D eigenvalue weighted by atomic mass is 10.1. The minimum Gasteiger partial charge on any atom is -0.194 e. The highest BCUT2D eigenvalue weighted by molar-refractivity contribution is 7.98. The van der Waals surface area contributed by atoms with E-state index in [1.807, 2.05) is 11.8 Å². The van der Waals surface area contributed by atoms with Gasteiger partial charge in [-0.3, -0.25) is 0 Å². The van der Waals surface area contributed by atoms with E-state index in [2.05, 4.69) is 36.9 Å². The molecule has 0 amide bonds. The summed E-state index contributed by atoms with van der Waals surface area (Å²) in [5.41, 5.74) is 1.24. The predicted octanol–water partition coefficient (Wildman–Crippen LogP) is 5.63. The summed E-state index contributed by atoms with van der Waals surface area (Å²) in [6, 6.07) is 2.14. The number of thioether (sulfide) groups is 1. The van der Waals surface area contributed by atoms with Gasteiger partial charge in [-0.2, -0.15) is 4.57 Å². The van der Waals surface area contributed by atoms with Crippen molar-refractivity contribution in [1.82, 2.24) is 0 Å². The molecule has 0 aliphatic carbocycles. The fraction of sp³-hybridized carbons (Fsp3) is 0.706. The quantitative estimate of drug-likeness (QED) is 0.378. The Morgan fingerprint density at radius 2 is 1.75 bits per heavy atom. The van der Waals surface area contributed by atoms with Gasteiger partial charge in [0.05, 0.1) is 0 Å². The molecule has 0 aliphatic heterocycles. The van der Waals surface area contributed by atoms with E-state index < -0.39 is 0 Å². The second-order valence-electron chi connectivity index (χ2n) is 5.34. The second kappa shape index (κ2) is 11.4. The van der Waals surface area contributed by atoms with Gasteiger partial charge in [-0.25, -0.2) is 0 Å². The maximum absolute atomic E-state index is 6.22. The zero-order valence-corrected chi connectivity index (χ0v) is 14.6. The molecule has 1 heterocycles. The van der Waals surface area contributed by atoms with E-state index in [0.717, 1.165) is 17.3 Å². The average Bonchev–Trinajstić information content (AvgIpc) is 2.46. The largest absolute Gasteiger partial charge is 0.194 e. The number of aromatic nitrogens is 1. The Morgan fingerprint density at radius 1 is 1.05 bits per heavy atom. The summed E-state index contributed by atoms with van der Waals surface area (Å²) < 4.78 is 2.19. The molecule has 0 spiro atoms. The fourth-order valence-corrected chi connectivity index (χ4v) is 3.47. The first-order chi connectivity index (χ1) is 9.77. The van der Waals surface area contributed by atoms with E-state index >= 15 is 0 Å². The fourth-order valence-electron chi connectivity index (χ4n) is 2.24. The van der Waals surface area contributed by atoms with Gasteiger partial charge in [0.25, 0.3) is 0 Å². The lowest BCUT2D eigenvalue weighted by Crippen LogP contribution is -2.31. The molecule has 1 aromatic heterocycles. The van der Waals surface area contributed by atoms with Crippen molar-refractivity contribution in [2.45, 2.75) is 71.1 Å². The Kier molecular flexibility index (Phi) is 10.2. The Hall–Kier alpha value is -0.210. The van der Waals surface area contributed by atoms with E-state index in [4.69, 9.17) is 11.6 Å². The number of halogens is 1. The van der Waals surface area contributed by atoms with Crippen LogP contribution in [0, 0.1) is 0 Å². The van der Waals surface area contributed by atoms with Crippen molar-refractivity contribution in [2.24, 2.45) is 0 Å². The molecule has 1 aromatic rings. The standard InChI is InChI=1S/C17H29ClNS/c1-3-5-6-7-8-9-10-13-20-15-19-12-11-16(4-2)17(18)14-19/h11-12,14H,3-10,13,15H2,1-2H3/q+1. The third-order valence-corrected chi connectivity index (χ3v) is 4.97. The van der Waals surface area contributed by atoms with Crippen LogP contribution in [0.5, 0.6) is 0 Å². The summed E-state index contributed by atoms with van der Waals surface area (Å²) in [5, 5.41) is 0.895. The van der Waals surface area contributed by atoms with Crippen LogP contribution in [0.1, 0.15) is 64.4 Å². The number of unbranched alkanes of at least 4 members (excludes halogenated alkanes) is 6. The van der Waals surface area contributed by atoms with Crippen molar-refractivity contribution in [3.63, 3.8) is 0 Å². The number of pyridine rings is 1. The van der Waals surface area contributed by atoms with E-state index in [0.29, 0.717) is 0 Å². The summed E-state index contributed by atoms with van der Waals surface area (Å²) in [5.74, 6) is 2.27. The molecule has 0 N–H and O–H groups in total. The summed E-state index contributed by atoms with van der Waals surface area (Å²) in [4.78, 5) is 0. The van der Waals surface area contributed by atoms with Crippen LogP contribution in [0.4, 0.5) is 0 Å². The Morgan fingerprint density at radius 3 is 2.40 bits per heavy atom. The van der Waals surface area contributed by atoms with Crippen molar-refractivity contribution in [1.29, 1.82) is 0 Å². The number of rotatable bonds is 11. The monoisotopic (exact) mass is 314 g/mol. The third kappa shape index (κ3) is 7.54. The van der Waals surface area contributed by atoms with Crippen LogP contribution >= 0.6 is 23.4 Å². The molecule has 114 valence electrons. The normalized spacial score (nSPS) is 10.9. The van der Waals surface area contributed by atoms with Crippen molar-refractivity contribution in [3.8, 4) is 0 Å². The van der Waals surface area contributed by atoms with Gasteiger partial charge in [-0.15, -0.1) is 0 Å². The van der Waals surface area contributed by atoms with Gasteiger partial charge >= 0.3 is 0 Å². The smallest absolute Gasteiger partial charge is 0.194 e. The molecule has 0 fully saturated rings. The molecule has 3 heteroatoms. The maximum Gasteiger partial charge on any atom is 0.194 e. The van der Waals surface area contributed by atoms with E-state index in [-0.39, 0.29) is 0 Å². The maximum atomic E-state index is 6.22. The van der Waals surface area contributed by atoms with Crippen LogP contribution < -0.4 is 4.57 Å². The minimum absolute atomic E-state index is 0.895. The van der Waals surface area contributed by atoms with Gasteiger partial charge in [0.1, 0.15) is 5.02 Å². The van der Waals surface area contributed by atoms with Gasteiger partial charge < -0.3 is 0 Å². The molecule has 0 saturated heterocycles. The van der Waals surface area contributed by atoms with Crippen LogP contribution in [0.25, 0.3) is 0 Å². The molecule has 0 unspecified atom stereocenters. The highest BCUT2D eigenvalue weighted by Gasteiger charge is 2.05. The molecular weight excluding hydrogens is 286 g/mol. The minimum atomic E-state index is 0.895. The van der Waals surface area contributed by atoms with E-state index in [9.17, 15) is 0 Å². The Bertz CT molecular complexity index is 368. The first-order valence-electron chi connectivity index (χ1n) is 8.03. The van der Waals surface area contributed by atoms with Gasteiger partial charge in [0.15, 0.2) is 18.3 Å². The molecule has 1 nitrogen and oxygen atoms in total. The topological polar surface area (TPSA) is 3.88 Å². The molecule has 0 radical (unpaired) electrons. The highest BCUT2D eigenvalue weighted by Crippen LogP contribution is 2.14. The van der Waals surface area contributed by atoms with Crippen LogP contribution in [0.15, 0.2) is 18.5 Å². The first-order valence-corrected chi connectivity index (χ1v) is 9.56. The zero-order chi connectivity index (χ0) is 14.6. The highest BCUT2D eigenvalue weighted by atomic mass is 35.5. The zero-order valence-electron chi connectivity index (χ0n) is 13.0. The number of hydrogen-bond donors (Lipinski definition) is 0. The number of hydrogen-bond acceptors (Lipinski definition) is 1. The molecule has 20 heavy (non-hydrogen) atoms. The number of aryl methyl sites for hydroxylation is 1. The van der Waals surface area contributed by atoms with Crippen LogP contribution in [0.2, 0.25) is 5.02 Å². The molecular formula is C17H29ClNS+. The molecule has 1 rings (SSSR count). The van der Waals surface area contributed by atoms with E-state index in [1.165, 1.54) is 56.3 Å². The average molecular weight is 315 g/mol. The first kappa shape index (κ1) is 17.8. The molecule has 0 bridgehead atoms. The molecule has 0 aliphatic rings. The van der Waals surface area contributed by atoms with Crippen LogP contribution in [-0.4, -0.2) is 5.75 Å². The lowest BCUT2D eigenvalue weighted by molar-refractivity contribution is -0.675. The van der Waals surface area contributed by atoms with Gasteiger partial charge in [-0.05, 0) is 24.2 Å². The summed E-state index contributed by atoms with van der Waals surface area (Å²) >= 11 is 8.22. The van der Waals surface area contributed by atoms with Crippen LogP contribution in [-0.2, 0) is 12.3 Å². The number of nitrogens with zero attached hydrogens (tertiary/aromatic N) is 1. The van der Waals surface area contributed by atoms with Gasteiger partial charge in [0.2, 0.25) is 0 Å². The lowest BCUT2D eigenvalue weighted by Gasteiger charge is -2.02. The summed E-state index contributed by atoms with van der Waals surface area (Å²) in [6.07, 6.45) is 14.9. The van der Waals surface area contributed by atoms with Crippen LogP contribution in [0.3, 0.4) is 0 Å². The summed E-state index contributed by atoms with van der Waals surface area (Å²) in [7, 11) is 0. The SMILES string of the molecule is CCCCCCCCCSC[n+]1ccc(CC)c(Cl)c1. The molecule has 0 saturated carbocycles. The molecule has 0 aromatic carbocycles. The van der Waals surface area contributed by atoms with Crippen molar-refractivity contribution in [2.75, 3.05) is 5.75 Å².